The summed E-state index contributed by atoms with van der Waals surface area (Å²) in [5, 5.41) is 10.6. The van der Waals surface area contributed by atoms with E-state index < -0.39 is 18.0 Å². The highest BCUT2D eigenvalue weighted by atomic mass is 16.5. The van der Waals surface area contributed by atoms with Crippen LogP contribution in [0.3, 0.4) is 0 Å². The lowest BCUT2D eigenvalue weighted by molar-refractivity contribution is -0.129. The Labute approximate surface area is 91.6 Å². The standard InChI is InChI=1S/C9H12N4O3/c10-7(4-8(14)13-16)12-9(15)6-2-1-3-11-5-6/h1-3,5,7,16H,4,10H2,(H,12,15)(H,13,14). The van der Waals surface area contributed by atoms with E-state index in [0.29, 0.717) is 5.56 Å². The minimum Gasteiger partial charge on any atom is -0.336 e. The fraction of sp³-hybridized carbons (Fsp3) is 0.222. The molecule has 1 rings (SSSR count). The maximum absolute atomic E-state index is 11.5. The maximum atomic E-state index is 11.5. The van der Waals surface area contributed by atoms with Gasteiger partial charge in [-0.15, -0.1) is 0 Å². The van der Waals surface area contributed by atoms with Gasteiger partial charge in [-0.1, -0.05) is 0 Å². The molecule has 1 aromatic heterocycles. The summed E-state index contributed by atoms with van der Waals surface area (Å²) in [5.41, 5.74) is 7.24. The van der Waals surface area contributed by atoms with Crippen LogP contribution in [0.15, 0.2) is 24.5 Å². The van der Waals surface area contributed by atoms with Crippen molar-refractivity contribution in [3.63, 3.8) is 0 Å². The molecule has 86 valence electrons. The molecule has 5 N–H and O–H groups in total. The van der Waals surface area contributed by atoms with E-state index in [1.807, 2.05) is 0 Å². The topological polar surface area (TPSA) is 117 Å². The minimum absolute atomic E-state index is 0.206. The molecule has 1 heterocycles. The Bertz CT molecular complexity index is 368. The van der Waals surface area contributed by atoms with Gasteiger partial charge in [-0.05, 0) is 12.1 Å². The van der Waals surface area contributed by atoms with E-state index in [-0.39, 0.29) is 6.42 Å². The lowest BCUT2D eigenvalue weighted by Crippen LogP contribution is -2.44. The zero-order valence-electron chi connectivity index (χ0n) is 8.38. The van der Waals surface area contributed by atoms with Crippen LogP contribution in [0.25, 0.3) is 0 Å². The average Bonchev–Trinajstić information content (AvgIpc) is 2.29. The third kappa shape index (κ3) is 3.64. The van der Waals surface area contributed by atoms with E-state index in [4.69, 9.17) is 10.9 Å². The van der Waals surface area contributed by atoms with Crippen LogP contribution < -0.4 is 16.5 Å². The molecule has 0 aliphatic carbocycles. The molecule has 7 heteroatoms. The van der Waals surface area contributed by atoms with Gasteiger partial charge >= 0.3 is 0 Å². The predicted octanol–water partition coefficient (Wildman–Crippen LogP) is -1.01. The summed E-state index contributed by atoms with van der Waals surface area (Å²) in [7, 11) is 0. The van der Waals surface area contributed by atoms with E-state index in [1.54, 1.807) is 12.1 Å². The number of hydrogen-bond donors (Lipinski definition) is 4. The van der Waals surface area contributed by atoms with Crippen LogP contribution in [-0.2, 0) is 4.79 Å². The average molecular weight is 224 g/mol. The Kier molecular flexibility index (Phi) is 4.37. The molecule has 0 saturated heterocycles. The second-order valence-electron chi connectivity index (χ2n) is 3.06. The highest BCUT2D eigenvalue weighted by Gasteiger charge is 2.12. The second-order valence-corrected chi connectivity index (χ2v) is 3.06. The Morgan fingerprint density at radius 2 is 2.31 bits per heavy atom. The Balaban J connectivity index is 2.49. The molecule has 0 fully saturated rings. The highest BCUT2D eigenvalue weighted by Crippen LogP contribution is 1.96. The van der Waals surface area contributed by atoms with Crippen LogP contribution in [0.4, 0.5) is 0 Å². The van der Waals surface area contributed by atoms with E-state index >= 15 is 0 Å². The van der Waals surface area contributed by atoms with Crippen LogP contribution in [0.5, 0.6) is 0 Å². The number of nitrogens with one attached hydrogen (secondary N) is 2. The van der Waals surface area contributed by atoms with Crippen LogP contribution in [0, 0.1) is 0 Å². The zero-order chi connectivity index (χ0) is 12.0. The Morgan fingerprint density at radius 1 is 1.56 bits per heavy atom. The second kappa shape index (κ2) is 5.79. The molecule has 2 amide bonds. The summed E-state index contributed by atoms with van der Waals surface area (Å²) < 4.78 is 0. The summed E-state index contributed by atoms with van der Waals surface area (Å²) >= 11 is 0. The molecular weight excluding hydrogens is 212 g/mol. The molecule has 7 nitrogen and oxygen atoms in total. The fourth-order valence-electron chi connectivity index (χ4n) is 1.05. The van der Waals surface area contributed by atoms with Crippen molar-refractivity contribution in [2.24, 2.45) is 5.73 Å². The van der Waals surface area contributed by atoms with Crippen LogP contribution in [0.2, 0.25) is 0 Å². The van der Waals surface area contributed by atoms with Crippen molar-refractivity contribution in [3.8, 4) is 0 Å². The molecule has 0 aliphatic rings. The Hall–Kier alpha value is -1.99. The molecule has 1 unspecified atom stereocenters. The first-order valence-corrected chi connectivity index (χ1v) is 4.53. The number of nitrogens with zero attached hydrogens (tertiary/aromatic N) is 1. The number of amides is 2. The van der Waals surface area contributed by atoms with E-state index in [1.165, 1.54) is 17.9 Å². The molecule has 0 radical (unpaired) electrons. The first kappa shape index (κ1) is 12.1. The van der Waals surface area contributed by atoms with Gasteiger partial charge < -0.3 is 11.1 Å². The molecule has 0 saturated carbocycles. The van der Waals surface area contributed by atoms with Crippen LogP contribution in [-0.4, -0.2) is 28.2 Å². The quantitative estimate of drug-likeness (QED) is 0.297. The molecule has 1 atom stereocenters. The molecule has 1 aromatic rings. The smallest absolute Gasteiger partial charge is 0.254 e. The van der Waals surface area contributed by atoms with Gasteiger partial charge in [-0.2, -0.15) is 0 Å². The van der Waals surface area contributed by atoms with Gasteiger partial charge in [0.15, 0.2) is 0 Å². The number of hydroxylamine groups is 1. The SMILES string of the molecule is NC(CC(=O)NO)NC(=O)c1cccnc1. The molecule has 0 aromatic carbocycles. The van der Waals surface area contributed by atoms with Crippen molar-refractivity contribution in [2.75, 3.05) is 0 Å². The predicted molar refractivity (Wildman–Crippen MR) is 54.2 cm³/mol. The summed E-state index contributed by atoms with van der Waals surface area (Å²) in [6, 6.07) is 3.18. The Morgan fingerprint density at radius 3 is 2.88 bits per heavy atom. The third-order valence-electron chi connectivity index (χ3n) is 1.77. The summed E-state index contributed by atoms with van der Waals surface area (Å²) in [6.07, 6.45) is 1.85. The third-order valence-corrected chi connectivity index (χ3v) is 1.77. The highest BCUT2D eigenvalue weighted by molar-refractivity contribution is 5.94. The number of aromatic nitrogens is 1. The van der Waals surface area contributed by atoms with Crippen molar-refractivity contribution in [1.82, 2.24) is 15.8 Å². The van der Waals surface area contributed by atoms with Crippen molar-refractivity contribution in [2.45, 2.75) is 12.6 Å². The molecule has 0 spiro atoms. The number of carbonyl (C=O) groups excluding carboxylic acids is 2. The van der Waals surface area contributed by atoms with E-state index in [0.717, 1.165) is 0 Å². The summed E-state index contributed by atoms with van der Waals surface area (Å²) in [6.45, 7) is 0. The van der Waals surface area contributed by atoms with Crippen molar-refractivity contribution in [1.29, 1.82) is 0 Å². The molecule has 0 bridgehead atoms. The number of carbonyl (C=O) groups is 2. The molecular formula is C9H12N4O3. The zero-order valence-corrected chi connectivity index (χ0v) is 8.38. The minimum atomic E-state index is -0.861. The monoisotopic (exact) mass is 224 g/mol. The molecule has 16 heavy (non-hydrogen) atoms. The van der Waals surface area contributed by atoms with Gasteiger partial charge in [0.05, 0.1) is 18.2 Å². The van der Waals surface area contributed by atoms with Gasteiger partial charge in [0.25, 0.3) is 5.91 Å². The van der Waals surface area contributed by atoms with E-state index in [9.17, 15) is 9.59 Å². The number of hydrogen-bond acceptors (Lipinski definition) is 5. The van der Waals surface area contributed by atoms with Crippen LogP contribution in [0.1, 0.15) is 16.8 Å². The first-order valence-electron chi connectivity index (χ1n) is 4.53. The van der Waals surface area contributed by atoms with Gasteiger partial charge in [0.2, 0.25) is 5.91 Å². The van der Waals surface area contributed by atoms with Crippen LogP contribution >= 0.6 is 0 Å². The molecule has 0 aliphatic heterocycles. The number of rotatable bonds is 4. The lowest BCUT2D eigenvalue weighted by Gasteiger charge is -2.12. The number of nitrogens with two attached hydrogens (primary N) is 1. The van der Waals surface area contributed by atoms with Gasteiger partial charge in [0, 0.05) is 12.4 Å². The fourth-order valence-corrected chi connectivity index (χ4v) is 1.05. The van der Waals surface area contributed by atoms with Crippen molar-refractivity contribution < 1.29 is 14.8 Å². The maximum Gasteiger partial charge on any atom is 0.254 e. The number of pyridine rings is 1. The van der Waals surface area contributed by atoms with Gasteiger partial charge in [-0.25, -0.2) is 5.48 Å². The normalized spacial score (nSPS) is 11.6. The van der Waals surface area contributed by atoms with Gasteiger partial charge in [0.1, 0.15) is 0 Å². The van der Waals surface area contributed by atoms with Crippen molar-refractivity contribution >= 4 is 11.8 Å². The van der Waals surface area contributed by atoms with E-state index in [2.05, 4.69) is 10.3 Å². The lowest BCUT2D eigenvalue weighted by atomic mass is 10.2. The summed E-state index contributed by atoms with van der Waals surface area (Å²) in [5.74, 6) is -1.09. The van der Waals surface area contributed by atoms with Gasteiger partial charge in [-0.3, -0.25) is 19.8 Å². The summed E-state index contributed by atoms with van der Waals surface area (Å²) in [4.78, 5) is 26.0. The van der Waals surface area contributed by atoms with Crippen molar-refractivity contribution in [3.05, 3.63) is 30.1 Å². The largest absolute Gasteiger partial charge is 0.336 e. The first-order chi connectivity index (χ1) is 7.63.